The summed E-state index contributed by atoms with van der Waals surface area (Å²) in [6.45, 7) is 4.96. The molecule has 1 aliphatic heterocycles. The summed E-state index contributed by atoms with van der Waals surface area (Å²) in [4.78, 5) is 20.1. The first-order valence-electron chi connectivity index (χ1n) is 9.32. The maximum Gasteiger partial charge on any atom is 0.251 e. The number of fused-ring (bicyclic) bond motifs is 2. The van der Waals surface area contributed by atoms with Crippen LogP contribution in [0.3, 0.4) is 0 Å². The number of benzene rings is 1. The van der Waals surface area contributed by atoms with Crippen molar-refractivity contribution in [2.75, 3.05) is 6.54 Å². The molecule has 0 aliphatic carbocycles. The van der Waals surface area contributed by atoms with Crippen LogP contribution in [0.2, 0.25) is 0 Å². The number of pyridine rings is 1. The number of carbonyl (C=O) groups excluding carboxylic acids is 1. The van der Waals surface area contributed by atoms with Crippen LogP contribution in [0.5, 0.6) is 0 Å². The number of hydrogen-bond acceptors (Lipinski definition) is 3. The van der Waals surface area contributed by atoms with Gasteiger partial charge in [0.2, 0.25) is 0 Å². The van der Waals surface area contributed by atoms with Crippen LogP contribution in [-0.4, -0.2) is 32.2 Å². The van der Waals surface area contributed by atoms with E-state index in [-0.39, 0.29) is 11.3 Å². The third-order valence-corrected chi connectivity index (χ3v) is 5.56. The lowest BCUT2D eigenvalue weighted by Crippen LogP contribution is -2.43. The molecule has 6 heteroatoms. The maximum atomic E-state index is 12.3. The predicted molar refractivity (Wildman–Crippen MR) is 109 cm³/mol. The van der Waals surface area contributed by atoms with Crippen LogP contribution in [0.4, 0.5) is 0 Å². The van der Waals surface area contributed by atoms with E-state index in [9.17, 15) is 4.79 Å². The molecule has 3 aromatic heterocycles. The van der Waals surface area contributed by atoms with Gasteiger partial charge in [-0.15, -0.1) is 0 Å². The van der Waals surface area contributed by atoms with Crippen molar-refractivity contribution in [3.8, 4) is 22.3 Å². The minimum atomic E-state index is -0.107. The molecule has 0 unspecified atom stereocenters. The summed E-state index contributed by atoms with van der Waals surface area (Å²) >= 11 is 0. The number of nitrogens with zero attached hydrogens (tertiary/aromatic N) is 3. The molecule has 4 heterocycles. The SMILES string of the molecule is Cn1cc(-c2cnc3[nH]cc(-c4ccc5c(c4)C(C)(C)CNC5=O)c3c2)cn1. The first-order valence-corrected chi connectivity index (χ1v) is 9.32. The second kappa shape index (κ2) is 5.79. The van der Waals surface area contributed by atoms with Gasteiger partial charge in [-0.1, -0.05) is 19.9 Å². The van der Waals surface area contributed by atoms with Crippen molar-refractivity contribution >= 4 is 16.9 Å². The van der Waals surface area contributed by atoms with E-state index in [0.717, 1.165) is 44.4 Å². The Morgan fingerprint density at radius 1 is 1.07 bits per heavy atom. The molecule has 1 aliphatic rings. The Bertz CT molecular complexity index is 1230. The first-order chi connectivity index (χ1) is 13.4. The molecule has 1 aromatic carbocycles. The summed E-state index contributed by atoms with van der Waals surface area (Å²) in [7, 11) is 1.90. The van der Waals surface area contributed by atoms with Crippen LogP contribution < -0.4 is 5.32 Å². The number of rotatable bonds is 2. The number of H-pyrrole nitrogens is 1. The Labute approximate surface area is 162 Å². The third-order valence-electron chi connectivity index (χ3n) is 5.56. The highest BCUT2D eigenvalue weighted by Crippen LogP contribution is 2.36. The number of carbonyl (C=O) groups is 1. The Morgan fingerprint density at radius 2 is 1.93 bits per heavy atom. The molecule has 0 bridgehead atoms. The third kappa shape index (κ3) is 2.52. The highest BCUT2D eigenvalue weighted by atomic mass is 16.1. The summed E-state index contributed by atoms with van der Waals surface area (Å²) in [5.41, 5.74) is 6.80. The van der Waals surface area contributed by atoms with Gasteiger partial charge in [-0.25, -0.2) is 4.98 Å². The Kier molecular flexibility index (Phi) is 3.46. The van der Waals surface area contributed by atoms with E-state index in [1.807, 2.05) is 44.0 Å². The average Bonchev–Trinajstić information content (AvgIpc) is 3.30. The monoisotopic (exact) mass is 371 g/mol. The van der Waals surface area contributed by atoms with E-state index in [4.69, 9.17) is 0 Å². The number of hydrogen-bond donors (Lipinski definition) is 2. The van der Waals surface area contributed by atoms with Gasteiger partial charge in [0, 0.05) is 65.2 Å². The lowest BCUT2D eigenvalue weighted by Gasteiger charge is -2.32. The highest BCUT2D eigenvalue weighted by Gasteiger charge is 2.31. The molecule has 140 valence electrons. The number of aromatic amines is 1. The van der Waals surface area contributed by atoms with E-state index in [0.29, 0.717) is 6.54 Å². The van der Waals surface area contributed by atoms with Crippen LogP contribution in [0, 0.1) is 0 Å². The van der Waals surface area contributed by atoms with Crippen LogP contribution in [0.25, 0.3) is 33.3 Å². The fraction of sp³-hybridized carbons (Fsp3) is 0.227. The van der Waals surface area contributed by atoms with Crippen molar-refractivity contribution in [3.05, 3.63) is 60.2 Å². The molecule has 28 heavy (non-hydrogen) atoms. The summed E-state index contributed by atoms with van der Waals surface area (Å²) in [5.74, 6) is 0.000308. The standard InChI is InChI=1S/C22H21N5O/c1-22(2)12-25-21(28)16-5-4-13(7-19(16)22)18-10-24-20-17(18)6-14(8-23-20)15-9-26-27(3)11-15/h4-11H,12H2,1-3H3,(H,23,24)(H,25,28). The number of nitrogens with one attached hydrogen (secondary N) is 2. The van der Waals surface area contributed by atoms with Crippen molar-refractivity contribution in [1.82, 2.24) is 25.1 Å². The lowest BCUT2D eigenvalue weighted by molar-refractivity contribution is 0.0930. The molecule has 2 N–H and O–H groups in total. The lowest BCUT2D eigenvalue weighted by atomic mass is 9.78. The minimum absolute atomic E-state index is 0.000308. The molecule has 0 fully saturated rings. The molecule has 5 rings (SSSR count). The molecule has 0 spiro atoms. The van der Waals surface area contributed by atoms with Crippen molar-refractivity contribution < 1.29 is 4.79 Å². The normalized spacial score (nSPS) is 15.5. The molecule has 0 saturated carbocycles. The van der Waals surface area contributed by atoms with Gasteiger partial charge in [-0.05, 0) is 29.3 Å². The number of aromatic nitrogens is 4. The van der Waals surface area contributed by atoms with Crippen LogP contribution in [0.1, 0.15) is 29.8 Å². The quantitative estimate of drug-likeness (QED) is 0.565. The Balaban J connectivity index is 1.66. The van der Waals surface area contributed by atoms with Gasteiger partial charge in [0.05, 0.1) is 6.20 Å². The van der Waals surface area contributed by atoms with Gasteiger partial charge in [-0.3, -0.25) is 9.48 Å². The van der Waals surface area contributed by atoms with E-state index in [1.165, 1.54) is 0 Å². The highest BCUT2D eigenvalue weighted by molar-refractivity contribution is 6.00. The molecule has 0 saturated heterocycles. The van der Waals surface area contributed by atoms with Gasteiger partial charge < -0.3 is 10.3 Å². The van der Waals surface area contributed by atoms with E-state index in [1.54, 1.807) is 4.68 Å². The maximum absolute atomic E-state index is 12.3. The fourth-order valence-electron chi connectivity index (χ4n) is 3.93. The predicted octanol–water partition coefficient (Wildman–Crippen LogP) is 3.65. The molecule has 1 amide bonds. The average molecular weight is 371 g/mol. The van der Waals surface area contributed by atoms with Gasteiger partial charge in [-0.2, -0.15) is 5.10 Å². The molecule has 4 aromatic rings. The molecule has 0 atom stereocenters. The van der Waals surface area contributed by atoms with Crippen LogP contribution in [-0.2, 0) is 12.5 Å². The molecular weight excluding hydrogens is 350 g/mol. The summed E-state index contributed by atoms with van der Waals surface area (Å²) in [6, 6.07) is 8.23. The number of aryl methyl sites for hydroxylation is 1. The Hall–Kier alpha value is -3.41. The zero-order valence-corrected chi connectivity index (χ0v) is 16.1. The van der Waals surface area contributed by atoms with Crippen molar-refractivity contribution in [2.24, 2.45) is 7.05 Å². The van der Waals surface area contributed by atoms with Crippen LogP contribution >= 0.6 is 0 Å². The number of amides is 1. The van der Waals surface area contributed by atoms with Gasteiger partial charge in [0.25, 0.3) is 5.91 Å². The second-order valence-electron chi connectivity index (χ2n) is 8.05. The fourth-order valence-corrected chi connectivity index (χ4v) is 3.93. The van der Waals surface area contributed by atoms with E-state index >= 15 is 0 Å². The largest absolute Gasteiger partial charge is 0.351 e. The molecular formula is C22H21N5O. The van der Waals surface area contributed by atoms with E-state index in [2.05, 4.69) is 46.4 Å². The minimum Gasteiger partial charge on any atom is -0.351 e. The van der Waals surface area contributed by atoms with Gasteiger partial charge in [0.15, 0.2) is 0 Å². The van der Waals surface area contributed by atoms with Crippen molar-refractivity contribution in [2.45, 2.75) is 19.3 Å². The van der Waals surface area contributed by atoms with Crippen molar-refractivity contribution in [1.29, 1.82) is 0 Å². The van der Waals surface area contributed by atoms with E-state index < -0.39 is 0 Å². The topological polar surface area (TPSA) is 75.6 Å². The second-order valence-corrected chi connectivity index (χ2v) is 8.05. The zero-order valence-electron chi connectivity index (χ0n) is 16.1. The molecule has 0 radical (unpaired) electrons. The van der Waals surface area contributed by atoms with Gasteiger partial charge >= 0.3 is 0 Å². The van der Waals surface area contributed by atoms with Crippen molar-refractivity contribution in [3.63, 3.8) is 0 Å². The first kappa shape index (κ1) is 16.7. The van der Waals surface area contributed by atoms with Gasteiger partial charge in [0.1, 0.15) is 5.65 Å². The smallest absolute Gasteiger partial charge is 0.251 e. The summed E-state index contributed by atoms with van der Waals surface area (Å²) in [6.07, 6.45) is 7.67. The summed E-state index contributed by atoms with van der Waals surface area (Å²) < 4.78 is 1.79. The Morgan fingerprint density at radius 3 is 2.71 bits per heavy atom. The van der Waals surface area contributed by atoms with Crippen LogP contribution in [0.15, 0.2) is 49.1 Å². The zero-order chi connectivity index (χ0) is 19.5. The molecule has 6 nitrogen and oxygen atoms in total. The summed E-state index contributed by atoms with van der Waals surface area (Å²) in [5, 5.41) is 8.29.